The van der Waals surface area contributed by atoms with Gasteiger partial charge in [0.2, 0.25) is 0 Å². The van der Waals surface area contributed by atoms with Gasteiger partial charge in [-0.05, 0) is 12.1 Å². The van der Waals surface area contributed by atoms with Crippen molar-refractivity contribution in [3.05, 3.63) is 29.0 Å². The summed E-state index contributed by atoms with van der Waals surface area (Å²) in [6, 6.07) is 4.94. The first-order chi connectivity index (χ1) is 6.29. The van der Waals surface area contributed by atoms with Crippen LogP contribution in [0.2, 0.25) is 5.02 Å². The van der Waals surface area contributed by atoms with Gasteiger partial charge in [0.25, 0.3) is 0 Å². The number of hydrogen-bond acceptors (Lipinski definition) is 3. The molecule has 0 radical (unpaired) electrons. The van der Waals surface area contributed by atoms with Gasteiger partial charge < -0.3 is 0 Å². The second-order valence-corrected chi connectivity index (χ2v) is 3.17. The quantitative estimate of drug-likeness (QED) is 0.718. The van der Waals surface area contributed by atoms with Crippen LogP contribution in [0.5, 0.6) is 0 Å². The number of nitrogens with one attached hydrogen (secondary N) is 2. The van der Waals surface area contributed by atoms with E-state index in [1.165, 1.54) is 6.07 Å². The molecule has 1 aliphatic heterocycles. The topological polar surface area (TPSA) is 27.3 Å². The van der Waals surface area contributed by atoms with Crippen LogP contribution in [0.1, 0.15) is 0 Å². The number of rotatable bonds is 1. The second-order valence-electron chi connectivity index (χ2n) is 2.76. The fraction of sp³-hybridized carbons (Fsp3) is 0.250. The van der Waals surface area contributed by atoms with Crippen LogP contribution in [-0.4, -0.2) is 13.1 Å². The van der Waals surface area contributed by atoms with Crippen LogP contribution in [0.3, 0.4) is 0 Å². The molecule has 3 nitrogen and oxygen atoms in total. The minimum absolute atomic E-state index is 0.145. The zero-order valence-electron chi connectivity index (χ0n) is 6.85. The van der Waals surface area contributed by atoms with E-state index < -0.39 is 0 Å². The van der Waals surface area contributed by atoms with Crippen molar-refractivity contribution in [3.63, 3.8) is 0 Å². The largest absolute Gasteiger partial charge is 0.291 e. The number of anilines is 1. The lowest BCUT2D eigenvalue weighted by Crippen LogP contribution is -2.36. The van der Waals surface area contributed by atoms with Gasteiger partial charge in [-0.3, -0.25) is 5.01 Å². The zero-order valence-corrected chi connectivity index (χ0v) is 7.61. The second kappa shape index (κ2) is 3.49. The molecule has 2 rings (SSSR count). The maximum absolute atomic E-state index is 13.4. The summed E-state index contributed by atoms with van der Waals surface area (Å²) in [5.41, 5.74) is 6.18. The minimum atomic E-state index is -0.389. The van der Waals surface area contributed by atoms with Crippen LogP contribution in [0.15, 0.2) is 18.2 Å². The predicted octanol–water partition coefficient (Wildman–Crippen LogP) is 1.31. The molecule has 1 aromatic carbocycles. The smallest absolute Gasteiger partial charge is 0.166 e. The number of nitrogens with zero attached hydrogens (tertiary/aromatic N) is 1. The van der Waals surface area contributed by atoms with Gasteiger partial charge >= 0.3 is 0 Å². The molecule has 0 saturated carbocycles. The number of halogens is 2. The van der Waals surface area contributed by atoms with E-state index in [0.717, 1.165) is 13.1 Å². The monoisotopic (exact) mass is 201 g/mol. The molecule has 0 aromatic heterocycles. The highest BCUT2D eigenvalue weighted by atomic mass is 35.5. The van der Waals surface area contributed by atoms with Gasteiger partial charge in [-0.25, -0.2) is 9.82 Å². The van der Waals surface area contributed by atoms with Gasteiger partial charge in [-0.15, -0.1) is 0 Å². The van der Waals surface area contributed by atoms with E-state index >= 15 is 0 Å². The van der Waals surface area contributed by atoms with Crippen LogP contribution in [-0.2, 0) is 0 Å². The average Bonchev–Trinajstić information content (AvgIpc) is 2.62. The molecule has 0 unspecified atom stereocenters. The lowest BCUT2D eigenvalue weighted by Gasteiger charge is -2.17. The summed E-state index contributed by atoms with van der Waals surface area (Å²) in [5, 5.41) is 1.83. The molecule has 1 heterocycles. The predicted molar refractivity (Wildman–Crippen MR) is 49.9 cm³/mol. The van der Waals surface area contributed by atoms with Gasteiger partial charge in [-0.1, -0.05) is 17.7 Å². The van der Waals surface area contributed by atoms with Crippen molar-refractivity contribution in [1.82, 2.24) is 11.0 Å². The van der Waals surface area contributed by atoms with Crippen molar-refractivity contribution in [2.24, 2.45) is 0 Å². The molecule has 0 spiro atoms. The van der Waals surface area contributed by atoms with Gasteiger partial charge in [0.15, 0.2) is 5.82 Å². The summed E-state index contributed by atoms with van der Waals surface area (Å²) in [4.78, 5) is 0. The molecule has 5 heteroatoms. The summed E-state index contributed by atoms with van der Waals surface area (Å²) in [6.07, 6.45) is 0. The van der Waals surface area contributed by atoms with E-state index in [-0.39, 0.29) is 10.8 Å². The summed E-state index contributed by atoms with van der Waals surface area (Å²) < 4.78 is 13.4. The third-order valence-electron chi connectivity index (χ3n) is 1.90. The van der Waals surface area contributed by atoms with Crippen LogP contribution in [0.25, 0.3) is 0 Å². The standard InChI is InChI=1S/C8H9ClFN3/c9-6-2-1-3-7(8(6)10)13-5-4-11-12-13/h1-3,11-12H,4-5H2. The lowest BCUT2D eigenvalue weighted by molar-refractivity contribution is 0.599. The molecule has 0 aliphatic carbocycles. The average molecular weight is 202 g/mol. The van der Waals surface area contributed by atoms with Crippen LogP contribution in [0.4, 0.5) is 10.1 Å². The Kier molecular flexibility index (Phi) is 2.35. The maximum atomic E-state index is 13.4. The Morgan fingerprint density at radius 3 is 3.00 bits per heavy atom. The summed E-state index contributed by atoms with van der Waals surface area (Å²) >= 11 is 5.64. The van der Waals surface area contributed by atoms with E-state index in [4.69, 9.17) is 11.6 Å². The van der Waals surface area contributed by atoms with Crippen molar-refractivity contribution in [2.75, 3.05) is 18.1 Å². The molecular formula is C8H9ClFN3. The molecule has 0 atom stereocenters. The normalized spacial score (nSPS) is 16.6. The third-order valence-corrected chi connectivity index (χ3v) is 2.19. The molecule has 2 N–H and O–H groups in total. The Bertz CT molecular complexity index is 312. The van der Waals surface area contributed by atoms with Crippen LogP contribution >= 0.6 is 11.6 Å². The molecule has 1 saturated heterocycles. The lowest BCUT2D eigenvalue weighted by atomic mass is 10.3. The van der Waals surface area contributed by atoms with E-state index in [1.54, 1.807) is 17.1 Å². The highest BCUT2D eigenvalue weighted by Gasteiger charge is 2.16. The third kappa shape index (κ3) is 1.60. The highest BCUT2D eigenvalue weighted by molar-refractivity contribution is 6.31. The first-order valence-corrected chi connectivity index (χ1v) is 4.37. The first kappa shape index (κ1) is 8.74. The van der Waals surface area contributed by atoms with E-state index in [9.17, 15) is 4.39 Å². The van der Waals surface area contributed by atoms with Crippen LogP contribution < -0.4 is 16.0 Å². The molecule has 1 aromatic rings. The minimum Gasteiger partial charge on any atom is -0.291 e. The Hall–Kier alpha value is -0.840. The Labute approximate surface area is 80.4 Å². The first-order valence-electron chi connectivity index (χ1n) is 3.99. The number of hydrogen-bond donors (Lipinski definition) is 2. The fourth-order valence-corrected chi connectivity index (χ4v) is 1.43. The van der Waals surface area contributed by atoms with Gasteiger partial charge in [0.05, 0.1) is 10.7 Å². The zero-order chi connectivity index (χ0) is 9.26. The molecule has 13 heavy (non-hydrogen) atoms. The molecule has 0 bridgehead atoms. The molecular weight excluding hydrogens is 193 g/mol. The van der Waals surface area contributed by atoms with Gasteiger partial charge in [-0.2, -0.15) is 5.53 Å². The van der Waals surface area contributed by atoms with E-state index in [1.807, 2.05) is 0 Å². The number of hydrazine groups is 2. The number of benzene rings is 1. The van der Waals surface area contributed by atoms with E-state index in [0.29, 0.717) is 5.69 Å². The van der Waals surface area contributed by atoms with Gasteiger partial charge in [0, 0.05) is 13.1 Å². The van der Waals surface area contributed by atoms with Crippen molar-refractivity contribution >= 4 is 17.3 Å². The van der Waals surface area contributed by atoms with Crippen molar-refractivity contribution < 1.29 is 4.39 Å². The van der Waals surface area contributed by atoms with E-state index in [2.05, 4.69) is 11.0 Å². The summed E-state index contributed by atoms with van der Waals surface area (Å²) in [7, 11) is 0. The SMILES string of the molecule is Fc1c(Cl)cccc1N1CCNN1. The molecule has 1 fully saturated rings. The Balaban J connectivity index is 2.33. The molecule has 1 aliphatic rings. The molecule has 70 valence electrons. The maximum Gasteiger partial charge on any atom is 0.166 e. The van der Waals surface area contributed by atoms with Crippen molar-refractivity contribution in [2.45, 2.75) is 0 Å². The summed E-state index contributed by atoms with van der Waals surface area (Å²) in [6.45, 7) is 1.50. The Morgan fingerprint density at radius 1 is 1.46 bits per heavy atom. The van der Waals surface area contributed by atoms with Crippen molar-refractivity contribution in [1.29, 1.82) is 0 Å². The summed E-state index contributed by atoms with van der Waals surface area (Å²) in [5.74, 6) is -0.389. The van der Waals surface area contributed by atoms with Crippen LogP contribution in [0, 0.1) is 5.82 Å². The molecule has 0 amide bonds. The van der Waals surface area contributed by atoms with Gasteiger partial charge in [0.1, 0.15) is 0 Å². The Morgan fingerprint density at radius 2 is 2.31 bits per heavy atom. The highest BCUT2D eigenvalue weighted by Crippen LogP contribution is 2.24. The van der Waals surface area contributed by atoms with Crippen molar-refractivity contribution in [3.8, 4) is 0 Å². The fourth-order valence-electron chi connectivity index (χ4n) is 1.26.